The lowest BCUT2D eigenvalue weighted by molar-refractivity contribution is 0.0862. The van der Waals surface area contributed by atoms with E-state index >= 15 is 0 Å². The first kappa shape index (κ1) is 8.51. The van der Waals surface area contributed by atoms with Crippen LogP contribution in [0.1, 0.15) is 23.7 Å². The molecule has 3 nitrogen and oxygen atoms in total. The summed E-state index contributed by atoms with van der Waals surface area (Å²) in [5, 5.41) is 0.463. The van der Waals surface area contributed by atoms with Crippen molar-refractivity contribution in [2.24, 2.45) is 0 Å². The Morgan fingerprint density at radius 2 is 2.46 bits per heavy atom. The molecule has 1 atom stereocenters. The van der Waals surface area contributed by atoms with Gasteiger partial charge in [-0.1, -0.05) is 11.6 Å². The van der Waals surface area contributed by atoms with Crippen LogP contribution >= 0.6 is 11.6 Å². The Morgan fingerprint density at radius 3 is 3.23 bits per heavy atom. The number of ketones is 1. The molecule has 0 saturated carbocycles. The zero-order valence-corrected chi connectivity index (χ0v) is 7.84. The summed E-state index contributed by atoms with van der Waals surface area (Å²) in [7, 11) is 0. The lowest BCUT2D eigenvalue weighted by Crippen LogP contribution is -2.24. The van der Waals surface area contributed by atoms with Crippen LogP contribution in [-0.4, -0.2) is 16.9 Å². The first-order valence-electron chi connectivity index (χ1n) is 4.02. The predicted molar refractivity (Wildman–Crippen MR) is 48.3 cm³/mol. The van der Waals surface area contributed by atoms with Crippen molar-refractivity contribution in [1.29, 1.82) is 0 Å². The van der Waals surface area contributed by atoms with Gasteiger partial charge in [0.1, 0.15) is 6.10 Å². The van der Waals surface area contributed by atoms with Gasteiger partial charge in [-0.2, -0.15) is 0 Å². The Balaban J connectivity index is 2.49. The highest BCUT2D eigenvalue weighted by atomic mass is 35.5. The molecule has 1 aromatic rings. The van der Waals surface area contributed by atoms with Gasteiger partial charge in [-0.3, -0.25) is 4.79 Å². The highest BCUT2D eigenvalue weighted by Gasteiger charge is 2.24. The molecule has 68 valence electrons. The quantitative estimate of drug-likeness (QED) is 0.639. The lowest BCUT2D eigenvalue weighted by Gasteiger charge is -2.20. The summed E-state index contributed by atoms with van der Waals surface area (Å²) in [5.74, 6) is 0.442. The summed E-state index contributed by atoms with van der Waals surface area (Å²) < 4.78 is 5.37. The Kier molecular flexibility index (Phi) is 1.96. The molecule has 1 aliphatic rings. The van der Waals surface area contributed by atoms with Crippen molar-refractivity contribution < 1.29 is 9.53 Å². The van der Waals surface area contributed by atoms with Gasteiger partial charge >= 0.3 is 0 Å². The lowest BCUT2D eigenvalue weighted by atomic mass is 10.0. The van der Waals surface area contributed by atoms with E-state index in [0.29, 0.717) is 22.9 Å². The Hall–Kier alpha value is -1.09. The molecule has 2 heterocycles. The number of hydrogen-bond donors (Lipinski definition) is 0. The summed E-state index contributed by atoms with van der Waals surface area (Å²) in [4.78, 5) is 15.4. The summed E-state index contributed by atoms with van der Waals surface area (Å²) in [6, 6.07) is 1.60. The highest BCUT2D eigenvalue weighted by molar-refractivity contribution is 6.30. The summed E-state index contributed by atoms with van der Waals surface area (Å²) in [6.07, 6.45) is 1.79. The van der Waals surface area contributed by atoms with Crippen LogP contribution in [0.15, 0.2) is 12.3 Å². The number of fused-ring (bicyclic) bond motifs is 1. The van der Waals surface area contributed by atoms with E-state index in [4.69, 9.17) is 16.3 Å². The largest absolute Gasteiger partial charge is 0.474 e. The molecule has 0 fully saturated rings. The maximum absolute atomic E-state index is 11.5. The number of rotatable bonds is 0. The van der Waals surface area contributed by atoms with Crippen molar-refractivity contribution in [3.8, 4) is 5.88 Å². The molecule has 0 amide bonds. The Labute approximate surface area is 80.7 Å². The van der Waals surface area contributed by atoms with Gasteiger partial charge in [-0.15, -0.1) is 0 Å². The van der Waals surface area contributed by atoms with Crippen LogP contribution in [0, 0.1) is 0 Å². The van der Waals surface area contributed by atoms with E-state index in [2.05, 4.69) is 4.98 Å². The smallest absolute Gasteiger partial charge is 0.224 e. The molecule has 0 unspecified atom stereocenters. The maximum atomic E-state index is 11.5. The van der Waals surface area contributed by atoms with E-state index in [-0.39, 0.29) is 11.9 Å². The number of hydrogen-bond acceptors (Lipinski definition) is 3. The third kappa shape index (κ3) is 1.52. The number of ether oxygens (including phenoxy) is 1. The van der Waals surface area contributed by atoms with Crippen molar-refractivity contribution in [2.45, 2.75) is 19.4 Å². The summed E-state index contributed by atoms with van der Waals surface area (Å²) in [5.41, 5.74) is 0.491. The second-order valence-corrected chi connectivity index (χ2v) is 3.50. The van der Waals surface area contributed by atoms with Crippen LogP contribution in [0.3, 0.4) is 0 Å². The van der Waals surface area contributed by atoms with Crippen LogP contribution in [0.25, 0.3) is 0 Å². The van der Waals surface area contributed by atoms with Gasteiger partial charge in [0.05, 0.1) is 10.6 Å². The van der Waals surface area contributed by atoms with Gasteiger partial charge in [-0.05, 0) is 13.0 Å². The first-order chi connectivity index (χ1) is 6.16. The zero-order valence-electron chi connectivity index (χ0n) is 7.08. The second kappa shape index (κ2) is 3.00. The van der Waals surface area contributed by atoms with Gasteiger partial charge in [-0.25, -0.2) is 4.98 Å². The fraction of sp³-hybridized carbons (Fsp3) is 0.333. The van der Waals surface area contributed by atoms with Crippen molar-refractivity contribution >= 4 is 17.4 Å². The van der Waals surface area contributed by atoms with E-state index in [1.807, 2.05) is 6.92 Å². The number of carbonyl (C=O) groups excluding carboxylic acids is 1. The maximum Gasteiger partial charge on any atom is 0.224 e. The van der Waals surface area contributed by atoms with E-state index in [9.17, 15) is 4.79 Å². The monoisotopic (exact) mass is 197 g/mol. The van der Waals surface area contributed by atoms with Crippen LogP contribution in [0.2, 0.25) is 5.02 Å². The second-order valence-electron chi connectivity index (χ2n) is 3.06. The van der Waals surface area contributed by atoms with Crippen molar-refractivity contribution in [1.82, 2.24) is 4.98 Å². The van der Waals surface area contributed by atoms with E-state index in [1.54, 1.807) is 6.07 Å². The number of pyridine rings is 1. The van der Waals surface area contributed by atoms with Crippen molar-refractivity contribution in [3.05, 3.63) is 22.8 Å². The molecule has 13 heavy (non-hydrogen) atoms. The number of Topliss-reactive ketones (excluding diaryl/α,β-unsaturated/α-hetero) is 1. The van der Waals surface area contributed by atoms with Gasteiger partial charge in [0.2, 0.25) is 5.88 Å². The molecule has 0 N–H and O–H groups in total. The number of nitrogens with zero attached hydrogens (tertiary/aromatic N) is 1. The van der Waals surface area contributed by atoms with Gasteiger partial charge in [0, 0.05) is 12.6 Å². The fourth-order valence-corrected chi connectivity index (χ4v) is 1.48. The molecule has 0 aliphatic carbocycles. The first-order valence-corrected chi connectivity index (χ1v) is 4.40. The van der Waals surface area contributed by atoms with Gasteiger partial charge in [0.15, 0.2) is 5.78 Å². The highest BCUT2D eigenvalue weighted by Crippen LogP contribution is 2.26. The topological polar surface area (TPSA) is 39.2 Å². The molecule has 1 aromatic heterocycles. The number of aromatic nitrogens is 1. The molecule has 0 saturated heterocycles. The minimum Gasteiger partial charge on any atom is -0.474 e. The SMILES string of the molecule is C[C@@H]1CC(=O)c2cc(Cl)cnc2O1. The molecule has 0 bridgehead atoms. The van der Waals surface area contributed by atoms with Crippen molar-refractivity contribution in [3.63, 3.8) is 0 Å². The minimum absolute atomic E-state index is 0.0451. The number of carbonyl (C=O) groups is 1. The van der Waals surface area contributed by atoms with Crippen molar-refractivity contribution in [2.75, 3.05) is 0 Å². The Morgan fingerprint density at radius 1 is 1.69 bits per heavy atom. The molecule has 0 radical (unpaired) electrons. The fourth-order valence-electron chi connectivity index (χ4n) is 1.32. The molecule has 1 aliphatic heterocycles. The molecule has 2 rings (SSSR count). The molecule has 4 heteroatoms. The molecule has 0 spiro atoms. The van der Waals surface area contributed by atoms with Crippen LogP contribution in [-0.2, 0) is 0 Å². The standard InChI is InChI=1S/C9H8ClNO2/c1-5-2-8(12)7-3-6(10)4-11-9(7)13-5/h3-5H,2H2,1H3/t5-/m1/s1. The van der Waals surface area contributed by atoms with E-state index in [1.165, 1.54) is 6.20 Å². The third-order valence-electron chi connectivity index (χ3n) is 1.90. The van der Waals surface area contributed by atoms with Gasteiger partial charge in [0.25, 0.3) is 0 Å². The Bertz CT molecular complexity index is 365. The molecular weight excluding hydrogens is 190 g/mol. The number of halogens is 1. The average Bonchev–Trinajstić information content (AvgIpc) is 2.06. The van der Waals surface area contributed by atoms with E-state index in [0.717, 1.165) is 0 Å². The summed E-state index contributed by atoms with van der Waals surface area (Å²) >= 11 is 5.71. The van der Waals surface area contributed by atoms with Gasteiger partial charge < -0.3 is 4.74 Å². The predicted octanol–water partition coefficient (Wildman–Crippen LogP) is 2.09. The normalized spacial score (nSPS) is 20.8. The zero-order chi connectivity index (χ0) is 9.42. The van der Waals surface area contributed by atoms with Crippen LogP contribution < -0.4 is 4.74 Å². The molecule has 0 aromatic carbocycles. The summed E-state index contributed by atoms with van der Waals surface area (Å²) in [6.45, 7) is 1.84. The average molecular weight is 198 g/mol. The molecular formula is C9H8ClNO2. The van der Waals surface area contributed by atoms with Crippen LogP contribution in [0.5, 0.6) is 5.88 Å². The van der Waals surface area contributed by atoms with E-state index < -0.39 is 0 Å². The minimum atomic E-state index is -0.0892. The third-order valence-corrected chi connectivity index (χ3v) is 2.11. The van der Waals surface area contributed by atoms with Crippen LogP contribution in [0.4, 0.5) is 0 Å².